The molecule has 2 aromatic rings. The van der Waals surface area contributed by atoms with Crippen LogP contribution in [0.2, 0.25) is 5.02 Å². The maximum Gasteiger partial charge on any atom is 0.319 e. The second-order valence-corrected chi connectivity index (χ2v) is 8.66. The van der Waals surface area contributed by atoms with Crippen LogP contribution in [0.3, 0.4) is 0 Å². The number of hydrogen-bond donors (Lipinski definition) is 3. The zero-order valence-corrected chi connectivity index (χ0v) is 20.2. The second-order valence-electron chi connectivity index (χ2n) is 8.22. The number of rotatable bonds is 8. The van der Waals surface area contributed by atoms with Gasteiger partial charge in [0.25, 0.3) is 0 Å². The first kappa shape index (κ1) is 25.0. The van der Waals surface area contributed by atoms with E-state index in [9.17, 15) is 9.59 Å². The molecule has 2 aromatic carbocycles. The molecule has 1 unspecified atom stereocenters. The molecule has 0 saturated heterocycles. The Balaban J connectivity index is 1.95. The van der Waals surface area contributed by atoms with Crippen LogP contribution in [-0.4, -0.2) is 29.7 Å². The minimum Gasteiger partial charge on any atom is -0.336 e. The molecule has 0 bridgehead atoms. The minimum absolute atomic E-state index is 0.0331. The number of nitrogens with one attached hydrogen (secondary N) is 3. The van der Waals surface area contributed by atoms with Crippen molar-refractivity contribution in [2.45, 2.75) is 38.8 Å². The third kappa shape index (κ3) is 6.45. The number of allylic oxidation sites excluding steroid dienone is 4. The molecule has 1 aliphatic heterocycles. The van der Waals surface area contributed by atoms with Crippen LogP contribution in [-0.2, 0) is 4.79 Å². The van der Waals surface area contributed by atoms with Crippen LogP contribution in [0, 0.1) is 0 Å². The molecule has 1 heterocycles. The molecule has 1 atom stereocenters. The van der Waals surface area contributed by atoms with Crippen molar-refractivity contribution in [3.05, 3.63) is 95.6 Å². The van der Waals surface area contributed by atoms with Crippen LogP contribution in [0.1, 0.15) is 37.8 Å². The zero-order valence-electron chi connectivity index (χ0n) is 19.4. The van der Waals surface area contributed by atoms with Crippen molar-refractivity contribution in [1.82, 2.24) is 5.32 Å². The summed E-state index contributed by atoms with van der Waals surface area (Å²) in [6.45, 7) is 11.3. The minimum atomic E-state index is -0.594. The zero-order chi connectivity index (χ0) is 24.7. The number of halogens is 1. The molecule has 7 heteroatoms. The van der Waals surface area contributed by atoms with Crippen molar-refractivity contribution >= 4 is 40.6 Å². The summed E-state index contributed by atoms with van der Waals surface area (Å²) in [5, 5.41) is 9.13. The molecule has 0 radical (unpaired) electrons. The highest BCUT2D eigenvalue weighted by molar-refractivity contribution is 6.32. The van der Waals surface area contributed by atoms with Gasteiger partial charge in [-0.3, -0.25) is 9.79 Å². The molecule has 0 spiro atoms. The largest absolute Gasteiger partial charge is 0.336 e. The molecule has 6 nitrogen and oxygen atoms in total. The lowest BCUT2D eigenvalue weighted by atomic mass is 10.00. The predicted molar refractivity (Wildman–Crippen MR) is 141 cm³/mol. The van der Waals surface area contributed by atoms with E-state index in [2.05, 4.69) is 29.1 Å². The summed E-state index contributed by atoms with van der Waals surface area (Å²) in [4.78, 5) is 29.9. The first-order chi connectivity index (χ1) is 16.3. The molecule has 3 rings (SSSR count). The van der Waals surface area contributed by atoms with Crippen molar-refractivity contribution in [2.75, 3.05) is 10.6 Å². The Bertz CT molecular complexity index is 1150. The summed E-state index contributed by atoms with van der Waals surface area (Å²) in [5.41, 5.74) is 4.50. The van der Waals surface area contributed by atoms with Crippen molar-refractivity contribution in [3.63, 3.8) is 0 Å². The fourth-order valence-corrected chi connectivity index (χ4v) is 3.77. The van der Waals surface area contributed by atoms with Crippen LogP contribution in [0.15, 0.2) is 84.4 Å². The van der Waals surface area contributed by atoms with E-state index in [4.69, 9.17) is 16.6 Å². The topological polar surface area (TPSA) is 82.6 Å². The molecule has 176 valence electrons. The van der Waals surface area contributed by atoms with E-state index in [1.807, 2.05) is 32.1 Å². The summed E-state index contributed by atoms with van der Waals surface area (Å²) in [7, 11) is 0. The van der Waals surface area contributed by atoms with Gasteiger partial charge in [-0.15, -0.1) is 0 Å². The average Bonchev–Trinajstić information content (AvgIpc) is 2.92. The van der Waals surface area contributed by atoms with Crippen molar-refractivity contribution < 1.29 is 9.59 Å². The van der Waals surface area contributed by atoms with Gasteiger partial charge in [0.2, 0.25) is 5.91 Å². The van der Waals surface area contributed by atoms with Gasteiger partial charge in [-0.25, -0.2) is 4.79 Å². The van der Waals surface area contributed by atoms with Crippen LogP contribution < -0.4 is 16.0 Å². The van der Waals surface area contributed by atoms with Gasteiger partial charge in [0.15, 0.2) is 0 Å². The summed E-state index contributed by atoms with van der Waals surface area (Å²) in [5.74, 6) is -0.177. The number of nitrogens with zero attached hydrogens (tertiary/aromatic N) is 1. The third-order valence-electron chi connectivity index (χ3n) is 5.22. The number of benzodiazepines with no additional fused rings is 1. The lowest BCUT2D eigenvalue weighted by Crippen LogP contribution is -2.34. The van der Waals surface area contributed by atoms with Crippen LogP contribution in [0.5, 0.6) is 0 Å². The molecule has 0 aliphatic carbocycles. The summed E-state index contributed by atoms with van der Waals surface area (Å²) in [6, 6.07) is 11.8. The fourth-order valence-electron chi connectivity index (χ4n) is 3.60. The van der Waals surface area contributed by atoms with E-state index in [1.54, 1.807) is 42.5 Å². The van der Waals surface area contributed by atoms with Gasteiger partial charge in [-0.2, -0.15) is 0 Å². The molecular formula is C27H29ClN4O2. The smallest absolute Gasteiger partial charge is 0.319 e. The van der Waals surface area contributed by atoms with Crippen LogP contribution in [0.25, 0.3) is 0 Å². The van der Waals surface area contributed by atoms with E-state index in [0.29, 0.717) is 35.0 Å². The van der Waals surface area contributed by atoms with Gasteiger partial charge in [0.1, 0.15) is 6.04 Å². The number of fused-ring (bicyclic) bond motifs is 1. The number of urea groups is 1. The molecule has 0 fully saturated rings. The van der Waals surface area contributed by atoms with E-state index < -0.39 is 6.04 Å². The van der Waals surface area contributed by atoms with E-state index >= 15 is 0 Å². The Morgan fingerprint density at radius 1 is 1.21 bits per heavy atom. The van der Waals surface area contributed by atoms with E-state index in [0.717, 1.165) is 16.7 Å². The number of carbonyl (C=O) groups excluding carboxylic acids is 2. The van der Waals surface area contributed by atoms with E-state index in [-0.39, 0.29) is 18.0 Å². The SMILES string of the molecule is C=C/C=C(\C=C)CCC1N=C(c2ccc(NC(=O)NC(C)C)cc2)c2cc(Cl)ccc2NC1=O. The Labute approximate surface area is 205 Å². The van der Waals surface area contributed by atoms with Crippen molar-refractivity contribution in [2.24, 2.45) is 4.99 Å². The first-order valence-corrected chi connectivity index (χ1v) is 11.5. The van der Waals surface area contributed by atoms with Gasteiger partial charge in [-0.1, -0.05) is 55.1 Å². The van der Waals surface area contributed by atoms with Gasteiger partial charge >= 0.3 is 6.03 Å². The standard InChI is InChI=1S/C27H29ClN4O2/c1-5-7-18(6-2)8-14-24-26(33)32-23-15-11-20(28)16-22(23)25(31-24)19-9-12-21(13-10-19)30-27(34)29-17(3)4/h5-7,9-13,15-17,24H,1-2,8,14H2,3-4H3,(H,32,33)(H2,29,30,34)/b18-7+. The van der Waals surface area contributed by atoms with Gasteiger partial charge in [0, 0.05) is 27.9 Å². The maximum absolute atomic E-state index is 13.0. The van der Waals surface area contributed by atoms with Gasteiger partial charge < -0.3 is 16.0 Å². The summed E-state index contributed by atoms with van der Waals surface area (Å²) >= 11 is 6.29. The molecular weight excluding hydrogens is 448 g/mol. The lowest BCUT2D eigenvalue weighted by molar-refractivity contribution is -0.117. The molecule has 34 heavy (non-hydrogen) atoms. The number of aliphatic imine (C=N–C) groups is 1. The molecule has 3 amide bonds. The second kappa shape index (κ2) is 11.5. The summed E-state index contributed by atoms with van der Waals surface area (Å²) < 4.78 is 0. The Kier molecular flexibility index (Phi) is 8.44. The molecule has 0 aromatic heterocycles. The fraction of sp³-hybridized carbons (Fsp3) is 0.222. The van der Waals surface area contributed by atoms with Crippen LogP contribution >= 0.6 is 11.6 Å². The third-order valence-corrected chi connectivity index (χ3v) is 5.45. The Morgan fingerprint density at radius 2 is 1.94 bits per heavy atom. The highest BCUT2D eigenvalue weighted by Crippen LogP contribution is 2.29. The normalized spacial score (nSPS) is 15.5. The molecule has 3 N–H and O–H groups in total. The number of benzene rings is 2. The predicted octanol–water partition coefficient (Wildman–Crippen LogP) is 6.11. The monoisotopic (exact) mass is 476 g/mol. The number of carbonyl (C=O) groups is 2. The Morgan fingerprint density at radius 3 is 2.59 bits per heavy atom. The van der Waals surface area contributed by atoms with Gasteiger partial charge in [0.05, 0.1) is 11.4 Å². The van der Waals surface area contributed by atoms with Crippen LogP contribution in [0.4, 0.5) is 16.2 Å². The quantitative estimate of drug-likeness (QED) is 0.402. The Hall–Kier alpha value is -3.64. The summed E-state index contributed by atoms with van der Waals surface area (Å²) in [6.07, 6.45) is 6.49. The number of anilines is 2. The van der Waals surface area contributed by atoms with Gasteiger partial charge in [-0.05, 0) is 62.6 Å². The van der Waals surface area contributed by atoms with Crippen molar-refractivity contribution in [3.8, 4) is 0 Å². The van der Waals surface area contributed by atoms with E-state index in [1.165, 1.54) is 0 Å². The average molecular weight is 477 g/mol. The number of amides is 3. The molecule has 1 aliphatic rings. The highest BCUT2D eigenvalue weighted by Gasteiger charge is 2.26. The lowest BCUT2D eigenvalue weighted by Gasteiger charge is -2.13. The first-order valence-electron chi connectivity index (χ1n) is 11.1. The molecule has 0 saturated carbocycles. The highest BCUT2D eigenvalue weighted by atomic mass is 35.5. The van der Waals surface area contributed by atoms with Crippen molar-refractivity contribution in [1.29, 1.82) is 0 Å². The maximum atomic E-state index is 13.0. The number of hydrogen-bond acceptors (Lipinski definition) is 3.